The van der Waals surface area contributed by atoms with E-state index in [0.29, 0.717) is 16.5 Å². The number of hydrogen-bond donors (Lipinski definition) is 2. The molecule has 110 valence electrons. The Labute approximate surface area is 129 Å². The van der Waals surface area contributed by atoms with Gasteiger partial charge in [-0.2, -0.15) is 0 Å². The highest BCUT2D eigenvalue weighted by Crippen LogP contribution is 2.26. The molecule has 0 aliphatic heterocycles. The standard InChI is InChI=1S/C16H17ClN2O2/c1-11-5-3-4-6-14(11)19-16(20)10-18-15-9-12(21-2)7-8-13(15)17/h3-9,18H,10H2,1-2H3,(H,19,20). The van der Waals surface area contributed by atoms with E-state index >= 15 is 0 Å². The maximum Gasteiger partial charge on any atom is 0.243 e. The Morgan fingerprint density at radius 1 is 1.19 bits per heavy atom. The number of aryl methyl sites for hydroxylation is 1. The van der Waals surface area contributed by atoms with E-state index in [9.17, 15) is 4.79 Å². The summed E-state index contributed by atoms with van der Waals surface area (Å²) in [7, 11) is 1.58. The SMILES string of the molecule is COc1ccc(Cl)c(NCC(=O)Nc2ccccc2C)c1. The predicted molar refractivity (Wildman–Crippen MR) is 86.3 cm³/mol. The summed E-state index contributed by atoms with van der Waals surface area (Å²) in [5, 5.41) is 6.40. The molecule has 0 saturated carbocycles. The van der Waals surface area contributed by atoms with Crippen LogP contribution < -0.4 is 15.4 Å². The second kappa shape index (κ2) is 6.99. The minimum absolute atomic E-state index is 0.126. The summed E-state index contributed by atoms with van der Waals surface area (Å²) in [6, 6.07) is 12.9. The van der Waals surface area contributed by atoms with Crippen LogP contribution >= 0.6 is 11.6 Å². The minimum Gasteiger partial charge on any atom is -0.497 e. The van der Waals surface area contributed by atoms with Crippen molar-refractivity contribution in [3.8, 4) is 5.75 Å². The van der Waals surface area contributed by atoms with Crippen LogP contribution in [0.3, 0.4) is 0 Å². The minimum atomic E-state index is -0.136. The molecule has 21 heavy (non-hydrogen) atoms. The van der Waals surface area contributed by atoms with E-state index in [4.69, 9.17) is 16.3 Å². The van der Waals surface area contributed by atoms with Crippen molar-refractivity contribution < 1.29 is 9.53 Å². The molecule has 2 N–H and O–H groups in total. The van der Waals surface area contributed by atoms with Crippen LogP contribution in [-0.2, 0) is 4.79 Å². The zero-order valence-corrected chi connectivity index (χ0v) is 12.7. The monoisotopic (exact) mass is 304 g/mol. The molecule has 0 saturated heterocycles. The number of carbonyl (C=O) groups excluding carboxylic acids is 1. The molecule has 0 aliphatic carbocycles. The molecule has 0 aliphatic rings. The number of benzene rings is 2. The van der Waals surface area contributed by atoms with Crippen LogP contribution in [0.1, 0.15) is 5.56 Å². The molecular weight excluding hydrogens is 288 g/mol. The normalized spacial score (nSPS) is 10.0. The first-order chi connectivity index (χ1) is 10.1. The van der Waals surface area contributed by atoms with Gasteiger partial charge in [-0.05, 0) is 30.7 Å². The zero-order chi connectivity index (χ0) is 15.2. The molecule has 0 spiro atoms. The molecule has 0 aromatic heterocycles. The quantitative estimate of drug-likeness (QED) is 0.885. The molecule has 5 heteroatoms. The van der Waals surface area contributed by atoms with Gasteiger partial charge in [-0.1, -0.05) is 29.8 Å². The Hall–Kier alpha value is -2.20. The number of rotatable bonds is 5. The second-order valence-corrected chi connectivity index (χ2v) is 4.97. The molecule has 0 fully saturated rings. The average Bonchev–Trinajstić information content (AvgIpc) is 2.49. The van der Waals surface area contributed by atoms with Gasteiger partial charge in [0.2, 0.25) is 5.91 Å². The molecule has 0 bridgehead atoms. The molecule has 1 amide bonds. The van der Waals surface area contributed by atoms with E-state index in [1.165, 1.54) is 0 Å². The summed E-state index contributed by atoms with van der Waals surface area (Å²) in [4.78, 5) is 12.0. The van der Waals surface area contributed by atoms with Gasteiger partial charge in [0, 0.05) is 11.8 Å². The summed E-state index contributed by atoms with van der Waals surface area (Å²) < 4.78 is 5.13. The van der Waals surface area contributed by atoms with Gasteiger partial charge >= 0.3 is 0 Å². The summed E-state index contributed by atoms with van der Waals surface area (Å²) in [5.41, 5.74) is 2.49. The Balaban J connectivity index is 1.97. The van der Waals surface area contributed by atoms with Gasteiger partial charge in [-0.25, -0.2) is 0 Å². The number of anilines is 2. The summed E-state index contributed by atoms with van der Waals surface area (Å²) >= 11 is 6.07. The Morgan fingerprint density at radius 2 is 1.95 bits per heavy atom. The average molecular weight is 305 g/mol. The highest BCUT2D eigenvalue weighted by molar-refractivity contribution is 6.33. The van der Waals surface area contributed by atoms with Crippen LogP contribution in [0, 0.1) is 6.92 Å². The van der Waals surface area contributed by atoms with Crippen LogP contribution in [0.4, 0.5) is 11.4 Å². The van der Waals surface area contributed by atoms with Gasteiger partial charge in [-0.3, -0.25) is 4.79 Å². The molecule has 0 radical (unpaired) electrons. The lowest BCUT2D eigenvalue weighted by Crippen LogP contribution is -2.22. The fourth-order valence-corrected chi connectivity index (χ4v) is 2.03. The van der Waals surface area contributed by atoms with Gasteiger partial charge in [-0.15, -0.1) is 0 Å². The maximum atomic E-state index is 12.0. The molecule has 0 heterocycles. The number of carbonyl (C=O) groups is 1. The number of hydrogen-bond acceptors (Lipinski definition) is 3. The fraction of sp³-hybridized carbons (Fsp3) is 0.188. The molecule has 2 rings (SSSR count). The van der Waals surface area contributed by atoms with Crippen LogP contribution in [0.5, 0.6) is 5.75 Å². The van der Waals surface area contributed by atoms with E-state index < -0.39 is 0 Å². The smallest absolute Gasteiger partial charge is 0.243 e. The first-order valence-corrected chi connectivity index (χ1v) is 6.91. The first-order valence-electron chi connectivity index (χ1n) is 6.53. The molecule has 2 aromatic carbocycles. The lowest BCUT2D eigenvalue weighted by molar-refractivity contribution is -0.114. The van der Waals surface area contributed by atoms with Gasteiger partial charge in [0.05, 0.1) is 24.4 Å². The van der Waals surface area contributed by atoms with E-state index in [1.807, 2.05) is 31.2 Å². The highest BCUT2D eigenvalue weighted by atomic mass is 35.5. The molecule has 4 nitrogen and oxygen atoms in total. The van der Waals surface area contributed by atoms with Gasteiger partial charge in [0.15, 0.2) is 0 Å². The largest absolute Gasteiger partial charge is 0.497 e. The maximum absolute atomic E-state index is 12.0. The van der Waals surface area contributed by atoms with Gasteiger partial charge < -0.3 is 15.4 Å². The number of amides is 1. The molecule has 0 unspecified atom stereocenters. The fourth-order valence-electron chi connectivity index (χ4n) is 1.85. The van der Waals surface area contributed by atoms with Crippen molar-refractivity contribution in [3.05, 3.63) is 53.1 Å². The number of ether oxygens (including phenoxy) is 1. The third kappa shape index (κ3) is 4.13. The Kier molecular flexibility index (Phi) is 5.06. The summed E-state index contributed by atoms with van der Waals surface area (Å²) in [6.45, 7) is 2.07. The van der Waals surface area contributed by atoms with Crippen molar-refractivity contribution in [1.82, 2.24) is 0 Å². The van der Waals surface area contributed by atoms with Crippen LogP contribution in [0.2, 0.25) is 5.02 Å². The lowest BCUT2D eigenvalue weighted by Gasteiger charge is -2.11. The zero-order valence-electron chi connectivity index (χ0n) is 11.9. The molecule has 2 aromatic rings. The van der Waals surface area contributed by atoms with Crippen LogP contribution in [-0.4, -0.2) is 19.6 Å². The second-order valence-electron chi connectivity index (χ2n) is 4.56. The van der Waals surface area contributed by atoms with E-state index in [2.05, 4.69) is 10.6 Å². The van der Waals surface area contributed by atoms with Crippen molar-refractivity contribution in [2.75, 3.05) is 24.3 Å². The first kappa shape index (κ1) is 15.2. The summed E-state index contributed by atoms with van der Waals surface area (Å²) in [6.07, 6.45) is 0. The van der Waals surface area contributed by atoms with Crippen molar-refractivity contribution in [2.45, 2.75) is 6.92 Å². The summed E-state index contributed by atoms with van der Waals surface area (Å²) in [5.74, 6) is 0.546. The topological polar surface area (TPSA) is 50.4 Å². The number of methoxy groups -OCH3 is 1. The van der Waals surface area contributed by atoms with E-state index in [1.54, 1.807) is 25.3 Å². The van der Waals surface area contributed by atoms with E-state index in [0.717, 1.165) is 11.3 Å². The van der Waals surface area contributed by atoms with Crippen molar-refractivity contribution in [1.29, 1.82) is 0 Å². The predicted octanol–water partition coefficient (Wildman–Crippen LogP) is 3.71. The Morgan fingerprint density at radius 3 is 2.67 bits per heavy atom. The van der Waals surface area contributed by atoms with E-state index in [-0.39, 0.29) is 12.5 Å². The lowest BCUT2D eigenvalue weighted by atomic mass is 10.2. The van der Waals surface area contributed by atoms with Gasteiger partial charge in [0.25, 0.3) is 0 Å². The third-order valence-electron chi connectivity index (χ3n) is 3.03. The molecule has 0 atom stereocenters. The third-order valence-corrected chi connectivity index (χ3v) is 3.36. The number of nitrogens with one attached hydrogen (secondary N) is 2. The molecular formula is C16H17ClN2O2. The number of halogens is 1. The van der Waals surface area contributed by atoms with Crippen molar-refractivity contribution in [2.24, 2.45) is 0 Å². The highest BCUT2D eigenvalue weighted by Gasteiger charge is 2.07. The van der Waals surface area contributed by atoms with Crippen LogP contribution in [0.25, 0.3) is 0 Å². The van der Waals surface area contributed by atoms with Crippen molar-refractivity contribution in [3.63, 3.8) is 0 Å². The Bertz CT molecular complexity index is 644. The van der Waals surface area contributed by atoms with Crippen molar-refractivity contribution >= 4 is 28.9 Å². The number of para-hydroxylation sites is 1. The van der Waals surface area contributed by atoms with Crippen LogP contribution in [0.15, 0.2) is 42.5 Å². The van der Waals surface area contributed by atoms with Gasteiger partial charge in [0.1, 0.15) is 5.75 Å².